The maximum Gasteiger partial charge on any atom is 0.326 e. The smallest absolute Gasteiger partial charge is 0.326 e. The first-order valence-electron chi connectivity index (χ1n) is 14.2. The van der Waals surface area contributed by atoms with Gasteiger partial charge in [0.25, 0.3) is 17.5 Å². The van der Waals surface area contributed by atoms with Gasteiger partial charge in [-0.05, 0) is 60.2 Å². The molecule has 44 heavy (non-hydrogen) atoms. The van der Waals surface area contributed by atoms with E-state index in [9.17, 15) is 29.3 Å². The molecule has 6 rings (SSSR count). The number of nitro groups is 1. The Labute approximate surface area is 252 Å². The average molecular weight is 593 g/mol. The topological polar surface area (TPSA) is 163 Å². The number of nitro benzene ring substituents is 1. The van der Waals surface area contributed by atoms with Gasteiger partial charge < -0.3 is 20.9 Å². The molecule has 12 heteroatoms. The lowest BCUT2D eigenvalue weighted by molar-refractivity contribution is -0.384. The first-order valence-corrected chi connectivity index (χ1v) is 14.2. The van der Waals surface area contributed by atoms with Crippen LogP contribution < -0.4 is 21.3 Å². The molecular formula is C32H28N6O6. The summed E-state index contributed by atoms with van der Waals surface area (Å²) in [5, 5.41) is 22.3. The molecule has 5 amide bonds. The summed E-state index contributed by atoms with van der Waals surface area (Å²) in [5.41, 5.74) is 4.68. The number of non-ortho nitro benzene ring substituents is 1. The monoisotopic (exact) mass is 592 g/mol. The van der Waals surface area contributed by atoms with E-state index in [2.05, 4.69) is 21.3 Å². The van der Waals surface area contributed by atoms with E-state index in [4.69, 9.17) is 0 Å². The average Bonchev–Trinajstić information content (AvgIpc) is 3.67. The Balaban J connectivity index is 1.30. The van der Waals surface area contributed by atoms with E-state index >= 15 is 0 Å². The number of nitrogens with one attached hydrogen (secondary N) is 4. The van der Waals surface area contributed by atoms with Crippen LogP contribution in [0.3, 0.4) is 0 Å². The van der Waals surface area contributed by atoms with Crippen LogP contribution in [0.25, 0.3) is 17.3 Å². The van der Waals surface area contributed by atoms with Crippen LogP contribution in [-0.2, 0) is 20.8 Å². The molecule has 0 bridgehead atoms. The molecule has 2 saturated heterocycles. The molecule has 3 aliphatic heterocycles. The Morgan fingerprint density at radius 2 is 1.70 bits per heavy atom. The van der Waals surface area contributed by atoms with Gasteiger partial charge in [-0.1, -0.05) is 36.4 Å². The number of carbonyl (C=O) groups excluding carboxylic acids is 4. The highest BCUT2D eigenvalue weighted by Gasteiger charge is 2.30. The number of hydrogen-bond acceptors (Lipinski definition) is 7. The predicted octanol–water partition coefficient (Wildman–Crippen LogP) is 4.26. The fourth-order valence-electron chi connectivity index (χ4n) is 5.50. The van der Waals surface area contributed by atoms with Crippen LogP contribution in [0.15, 0.2) is 72.4 Å². The summed E-state index contributed by atoms with van der Waals surface area (Å²) >= 11 is 0. The lowest BCUT2D eigenvalue weighted by atomic mass is 9.98. The molecule has 0 spiro atoms. The van der Waals surface area contributed by atoms with Crippen molar-refractivity contribution in [3.63, 3.8) is 0 Å². The summed E-state index contributed by atoms with van der Waals surface area (Å²) < 4.78 is 0. The van der Waals surface area contributed by atoms with Gasteiger partial charge >= 0.3 is 6.03 Å². The number of rotatable bonds is 9. The van der Waals surface area contributed by atoms with Gasteiger partial charge in [0.2, 0.25) is 5.91 Å². The standard InChI is InChI=1S/C32H28N6O6/c39-27-4-2-16-37(27)15-1-3-19-5-9-21(10-6-19)29(28-24-18-23(38(43)44)13-14-25(24)34-31(28)41)33-22-11-7-20(8-12-22)17-26-30(40)36-32(42)35-26/h5-14,17-18,33H,1-4,15-16H2,(H,34,41)(H2,35,36,40,42)/b26-17-,29-28?. The number of benzene rings is 3. The third-order valence-electron chi connectivity index (χ3n) is 7.73. The van der Waals surface area contributed by atoms with Crippen molar-refractivity contribution in [2.24, 2.45) is 0 Å². The molecule has 12 nitrogen and oxygen atoms in total. The number of urea groups is 1. The van der Waals surface area contributed by atoms with Crippen molar-refractivity contribution in [1.29, 1.82) is 0 Å². The Morgan fingerprint density at radius 3 is 2.36 bits per heavy atom. The predicted molar refractivity (Wildman–Crippen MR) is 164 cm³/mol. The number of fused-ring (bicyclic) bond motifs is 1. The van der Waals surface area contributed by atoms with Crippen molar-refractivity contribution in [2.75, 3.05) is 23.7 Å². The first-order chi connectivity index (χ1) is 21.2. The fourth-order valence-corrected chi connectivity index (χ4v) is 5.50. The third-order valence-corrected chi connectivity index (χ3v) is 7.73. The van der Waals surface area contributed by atoms with E-state index in [0.717, 1.165) is 37.9 Å². The highest BCUT2D eigenvalue weighted by molar-refractivity contribution is 6.37. The van der Waals surface area contributed by atoms with Crippen molar-refractivity contribution < 1.29 is 24.1 Å². The second kappa shape index (κ2) is 11.8. The van der Waals surface area contributed by atoms with Crippen molar-refractivity contribution in [3.05, 3.63) is 105 Å². The van der Waals surface area contributed by atoms with Crippen LogP contribution in [0, 0.1) is 10.1 Å². The second-order valence-corrected chi connectivity index (χ2v) is 10.7. The first kappa shape index (κ1) is 28.3. The maximum absolute atomic E-state index is 13.3. The molecule has 4 N–H and O–H groups in total. The van der Waals surface area contributed by atoms with Gasteiger partial charge in [-0.3, -0.25) is 29.8 Å². The molecule has 0 unspecified atom stereocenters. The van der Waals surface area contributed by atoms with Gasteiger partial charge in [0.05, 0.1) is 16.2 Å². The molecule has 3 aliphatic rings. The van der Waals surface area contributed by atoms with Crippen molar-refractivity contribution in [3.8, 4) is 0 Å². The Morgan fingerprint density at radius 1 is 0.932 bits per heavy atom. The van der Waals surface area contributed by atoms with E-state index in [1.165, 1.54) is 18.2 Å². The molecule has 0 saturated carbocycles. The van der Waals surface area contributed by atoms with E-state index in [-0.39, 0.29) is 22.9 Å². The number of nitrogens with zero attached hydrogens (tertiary/aromatic N) is 2. The lowest BCUT2D eigenvalue weighted by Gasteiger charge is -2.16. The van der Waals surface area contributed by atoms with Gasteiger partial charge in [0.15, 0.2) is 0 Å². The molecule has 3 aromatic carbocycles. The summed E-state index contributed by atoms with van der Waals surface area (Å²) in [4.78, 5) is 61.4. The molecule has 2 fully saturated rings. The van der Waals surface area contributed by atoms with E-state index in [1.807, 2.05) is 29.2 Å². The highest BCUT2D eigenvalue weighted by atomic mass is 16.6. The summed E-state index contributed by atoms with van der Waals surface area (Å²) in [7, 11) is 0. The SMILES string of the molecule is O=C1NC(=O)/C(=C/c2ccc(NC(=C3C(=O)Nc4ccc([N+](=O)[O-])cc43)c3ccc(CCCN4CCCC4=O)cc3)cc2)N1. The molecule has 0 aromatic heterocycles. The van der Waals surface area contributed by atoms with E-state index in [1.54, 1.807) is 30.3 Å². The van der Waals surface area contributed by atoms with Crippen LogP contribution in [0.2, 0.25) is 0 Å². The number of carbonyl (C=O) groups is 4. The zero-order valence-electron chi connectivity index (χ0n) is 23.5. The van der Waals surface area contributed by atoms with Crippen molar-refractivity contribution >= 4 is 58.2 Å². The van der Waals surface area contributed by atoms with Crippen LogP contribution in [0.5, 0.6) is 0 Å². The summed E-state index contributed by atoms with van der Waals surface area (Å²) in [6.07, 6.45) is 4.70. The molecule has 222 valence electrons. The van der Waals surface area contributed by atoms with Gasteiger partial charge in [0.1, 0.15) is 5.70 Å². The number of aryl methyl sites for hydroxylation is 1. The molecule has 3 aromatic rings. The molecule has 0 aliphatic carbocycles. The number of hydrogen-bond donors (Lipinski definition) is 4. The van der Waals surface area contributed by atoms with Crippen molar-refractivity contribution in [1.82, 2.24) is 15.5 Å². The fraction of sp³-hybridized carbons (Fsp3) is 0.188. The Bertz CT molecular complexity index is 1760. The second-order valence-electron chi connectivity index (χ2n) is 10.7. The van der Waals surface area contributed by atoms with Crippen LogP contribution in [0.1, 0.15) is 41.5 Å². The van der Waals surface area contributed by atoms with E-state index in [0.29, 0.717) is 40.2 Å². The quantitative estimate of drug-likeness (QED) is 0.125. The third kappa shape index (κ3) is 5.91. The number of imide groups is 1. The largest absolute Gasteiger partial charge is 0.354 e. The number of amides is 5. The number of likely N-dealkylation sites (tertiary alicyclic amines) is 1. The van der Waals surface area contributed by atoms with Crippen LogP contribution in [-0.4, -0.2) is 46.7 Å². The summed E-state index contributed by atoms with van der Waals surface area (Å²) in [5.74, 6) is -0.706. The summed E-state index contributed by atoms with van der Waals surface area (Å²) in [6.45, 7) is 1.53. The van der Waals surface area contributed by atoms with E-state index < -0.39 is 22.8 Å². The van der Waals surface area contributed by atoms with Crippen LogP contribution in [0.4, 0.5) is 21.9 Å². The zero-order valence-corrected chi connectivity index (χ0v) is 23.5. The van der Waals surface area contributed by atoms with Crippen molar-refractivity contribution in [2.45, 2.75) is 25.7 Å². The number of anilines is 2. The highest BCUT2D eigenvalue weighted by Crippen LogP contribution is 2.39. The van der Waals surface area contributed by atoms with Crippen LogP contribution >= 0.6 is 0 Å². The lowest BCUT2D eigenvalue weighted by Crippen LogP contribution is -2.25. The zero-order chi connectivity index (χ0) is 30.8. The van der Waals surface area contributed by atoms with Gasteiger partial charge in [-0.2, -0.15) is 0 Å². The normalized spacial score (nSPS) is 17.8. The van der Waals surface area contributed by atoms with Gasteiger partial charge in [-0.15, -0.1) is 0 Å². The molecule has 3 heterocycles. The minimum Gasteiger partial charge on any atom is -0.354 e. The maximum atomic E-state index is 13.3. The Hall–Kier alpha value is -5.78. The van der Waals surface area contributed by atoms with Gasteiger partial charge in [0, 0.05) is 48.6 Å². The minimum absolute atomic E-state index is 0.131. The Kier molecular flexibility index (Phi) is 7.63. The van der Waals surface area contributed by atoms with Gasteiger partial charge in [-0.25, -0.2) is 4.79 Å². The molecule has 0 radical (unpaired) electrons. The summed E-state index contributed by atoms with van der Waals surface area (Å²) in [6, 6.07) is 18.4. The molecular weight excluding hydrogens is 564 g/mol. The molecule has 0 atom stereocenters. The minimum atomic E-state index is -0.584.